The average Bonchev–Trinajstić information content (AvgIpc) is 2.44. The number of hydrogen-bond donors (Lipinski definition) is 1. The maximum atomic E-state index is 10.4. The van der Waals surface area contributed by atoms with Crippen LogP contribution in [0, 0.1) is 0 Å². The van der Waals surface area contributed by atoms with Crippen LogP contribution in [-0.4, -0.2) is 15.4 Å². The Hall–Kier alpha value is -1.07. The Bertz CT molecular complexity index is 419. The highest BCUT2D eigenvalue weighted by Gasteiger charge is 2.07. The van der Waals surface area contributed by atoms with Gasteiger partial charge in [0.1, 0.15) is 0 Å². The van der Waals surface area contributed by atoms with Gasteiger partial charge in [-0.2, -0.15) is 0 Å². The van der Waals surface area contributed by atoms with E-state index in [1.807, 2.05) is 24.3 Å². The molecule has 1 aromatic heterocycles. The minimum Gasteiger partial charge on any atom is -0.473 e. The molecule has 13 heavy (non-hydrogen) atoms. The molecule has 66 valence electrons. The second-order valence-corrected chi connectivity index (χ2v) is 4.54. The van der Waals surface area contributed by atoms with Crippen molar-refractivity contribution in [3.8, 4) is 0 Å². The van der Waals surface area contributed by atoms with Crippen molar-refractivity contribution in [2.45, 2.75) is 4.34 Å². The normalized spacial score (nSPS) is 10.5. The number of para-hydroxylation sites is 1. The molecule has 3 nitrogen and oxygen atoms in total. The van der Waals surface area contributed by atoms with Crippen LogP contribution < -0.4 is 0 Å². The molecule has 0 aliphatic heterocycles. The number of fused-ring (bicyclic) bond motifs is 1. The first-order valence-electron chi connectivity index (χ1n) is 3.52. The molecule has 0 fully saturated rings. The van der Waals surface area contributed by atoms with E-state index in [1.165, 1.54) is 11.3 Å². The SMILES string of the molecule is O=C(O)Sc1nc2ccccc2s1. The number of nitrogens with zero attached hydrogens (tertiary/aromatic N) is 1. The standard InChI is InChI=1S/C8H5NO2S2/c10-8(11)13-7-9-5-3-1-2-4-6(5)12-7/h1-4H,(H,10,11). The number of aromatic nitrogens is 1. The van der Waals surface area contributed by atoms with Crippen molar-refractivity contribution in [1.29, 1.82) is 0 Å². The van der Waals surface area contributed by atoms with Crippen molar-refractivity contribution in [2.24, 2.45) is 0 Å². The van der Waals surface area contributed by atoms with Gasteiger partial charge < -0.3 is 5.11 Å². The predicted octanol–water partition coefficient (Wildman–Crippen LogP) is 3.07. The van der Waals surface area contributed by atoms with Gasteiger partial charge in [-0.3, -0.25) is 0 Å². The number of hydrogen-bond acceptors (Lipinski definition) is 4. The number of carbonyl (C=O) groups is 1. The summed E-state index contributed by atoms with van der Waals surface area (Å²) in [6, 6.07) is 7.60. The minimum atomic E-state index is -0.918. The van der Waals surface area contributed by atoms with Gasteiger partial charge in [0.25, 0.3) is 0 Å². The molecule has 0 aliphatic rings. The van der Waals surface area contributed by atoms with E-state index < -0.39 is 5.30 Å². The molecule has 2 aromatic rings. The fourth-order valence-corrected chi connectivity index (χ4v) is 2.61. The summed E-state index contributed by atoms with van der Waals surface area (Å²) in [6.07, 6.45) is 0. The smallest absolute Gasteiger partial charge is 0.372 e. The van der Waals surface area contributed by atoms with Crippen LogP contribution in [0.25, 0.3) is 10.2 Å². The summed E-state index contributed by atoms with van der Waals surface area (Å²) >= 11 is 2.14. The predicted molar refractivity (Wildman–Crippen MR) is 53.5 cm³/mol. The molecule has 0 saturated carbocycles. The highest BCUT2D eigenvalue weighted by molar-refractivity contribution is 8.14. The molecule has 0 unspecified atom stereocenters. The van der Waals surface area contributed by atoms with Gasteiger partial charge in [0.15, 0.2) is 4.34 Å². The first kappa shape index (κ1) is 8.52. The number of thioether (sulfide) groups is 1. The quantitative estimate of drug-likeness (QED) is 0.736. The van der Waals surface area contributed by atoms with Gasteiger partial charge in [-0.05, 0) is 12.1 Å². The first-order chi connectivity index (χ1) is 6.25. The van der Waals surface area contributed by atoms with Crippen LogP contribution in [0.1, 0.15) is 0 Å². The van der Waals surface area contributed by atoms with Gasteiger partial charge >= 0.3 is 5.30 Å². The zero-order valence-electron chi connectivity index (χ0n) is 6.43. The van der Waals surface area contributed by atoms with Crippen LogP contribution in [-0.2, 0) is 0 Å². The maximum Gasteiger partial charge on any atom is 0.372 e. The summed E-state index contributed by atoms with van der Waals surface area (Å²) < 4.78 is 1.60. The van der Waals surface area contributed by atoms with E-state index in [2.05, 4.69) is 4.98 Å². The van der Waals surface area contributed by atoms with Crippen LogP contribution >= 0.6 is 23.1 Å². The molecule has 0 bridgehead atoms. The van der Waals surface area contributed by atoms with E-state index >= 15 is 0 Å². The lowest BCUT2D eigenvalue weighted by atomic mass is 10.3. The largest absolute Gasteiger partial charge is 0.473 e. The molecule has 0 spiro atoms. The molecule has 0 saturated heterocycles. The molecule has 0 amide bonds. The van der Waals surface area contributed by atoms with Crippen molar-refractivity contribution in [3.63, 3.8) is 0 Å². The van der Waals surface area contributed by atoms with Crippen molar-refractivity contribution in [3.05, 3.63) is 24.3 Å². The van der Waals surface area contributed by atoms with E-state index in [0.717, 1.165) is 22.0 Å². The highest BCUT2D eigenvalue weighted by Crippen LogP contribution is 2.29. The second kappa shape index (κ2) is 3.35. The zero-order valence-corrected chi connectivity index (χ0v) is 8.06. The fourth-order valence-electron chi connectivity index (χ4n) is 0.969. The lowest BCUT2D eigenvalue weighted by Crippen LogP contribution is -1.80. The zero-order chi connectivity index (χ0) is 9.26. The van der Waals surface area contributed by atoms with Gasteiger partial charge in [-0.15, -0.1) is 11.3 Å². The van der Waals surface area contributed by atoms with E-state index in [1.54, 1.807) is 0 Å². The van der Waals surface area contributed by atoms with Crippen LogP contribution in [0.4, 0.5) is 4.79 Å². The van der Waals surface area contributed by atoms with E-state index in [9.17, 15) is 4.79 Å². The number of benzene rings is 1. The lowest BCUT2D eigenvalue weighted by molar-refractivity contribution is 0.222. The summed E-state index contributed by atoms with van der Waals surface area (Å²) in [7, 11) is 0. The summed E-state index contributed by atoms with van der Waals surface area (Å²) in [6.45, 7) is 0. The Balaban J connectivity index is 2.44. The van der Waals surface area contributed by atoms with Crippen molar-refractivity contribution < 1.29 is 9.90 Å². The molecule has 1 aromatic carbocycles. The molecule has 0 radical (unpaired) electrons. The molecular formula is C8H5NO2S2. The Kier molecular flexibility index (Phi) is 2.20. The Morgan fingerprint density at radius 2 is 2.23 bits per heavy atom. The van der Waals surface area contributed by atoms with Crippen LogP contribution in [0.15, 0.2) is 28.6 Å². The first-order valence-corrected chi connectivity index (χ1v) is 5.15. The lowest BCUT2D eigenvalue weighted by Gasteiger charge is -1.83. The van der Waals surface area contributed by atoms with Gasteiger partial charge in [-0.1, -0.05) is 12.1 Å². The third kappa shape index (κ3) is 1.81. The van der Waals surface area contributed by atoms with E-state index in [4.69, 9.17) is 5.11 Å². The Labute approximate surface area is 82.4 Å². The Morgan fingerprint density at radius 1 is 1.46 bits per heavy atom. The molecule has 0 aliphatic carbocycles. The van der Waals surface area contributed by atoms with Gasteiger partial charge in [0.2, 0.25) is 0 Å². The Morgan fingerprint density at radius 3 is 2.92 bits per heavy atom. The van der Waals surface area contributed by atoms with E-state index in [-0.39, 0.29) is 0 Å². The minimum absolute atomic E-state index is 0.578. The van der Waals surface area contributed by atoms with Crippen molar-refractivity contribution in [1.82, 2.24) is 4.98 Å². The fraction of sp³-hybridized carbons (Fsp3) is 0. The van der Waals surface area contributed by atoms with Gasteiger partial charge in [0, 0.05) is 11.8 Å². The summed E-state index contributed by atoms with van der Waals surface area (Å²) in [5, 5.41) is 7.60. The summed E-state index contributed by atoms with van der Waals surface area (Å²) in [4.78, 5) is 14.5. The summed E-state index contributed by atoms with van der Waals surface area (Å²) in [5.41, 5.74) is 0.858. The second-order valence-electron chi connectivity index (χ2n) is 2.32. The van der Waals surface area contributed by atoms with Crippen LogP contribution in [0.3, 0.4) is 0 Å². The van der Waals surface area contributed by atoms with Crippen molar-refractivity contribution in [2.75, 3.05) is 0 Å². The topological polar surface area (TPSA) is 50.2 Å². The summed E-state index contributed by atoms with van der Waals surface area (Å²) in [5.74, 6) is 0. The average molecular weight is 211 g/mol. The van der Waals surface area contributed by atoms with Crippen molar-refractivity contribution >= 4 is 38.6 Å². The third-order valence-electron chi connectivity index (χ3n) is 1.45. The monoisotopic (exact) mass is 211 g/mol. The van der Waals surface area contributed by atoms with E-state index in [0.29, 0.717) is 4.34 Å². The maximum absolute atomic E-state index is 10.4. The molecule has 5 heteroatoms. The molecular weight excluding hydrogens is 206 g/mol. The third-order valence-corrected chi connectivity index (χ3v) is 3.22. The molecule has 2 rings (SSSR count). The van der Waals surface area contributed by atoms with Crippen LogP contribution in [0.5, 0.6) is 0 Å². The van der Waals surface area contributed by atoms with Crippen LogP contribution in [0.2, 0.25) is 0 Å². The number of thiazole rings is 1. The molecule has 1 N–H and O–H groups in total. The highest BCUT2D eigenvalue weighted by atomic mass is 32.2. The molecule has 0 atom stereocenters. The molecule has 1 heterocycles. The van der Waals surface area contributed by atoms with Gasteiger partial charge in [-0.25, -0.2) is 9.78 Å². The number of rotatable bonds is 1. The van der Waals surface area contributed by atoms with Gasteiger partial charge in [0.05, 0.1) is 10.2 Å². The number of carboxylic acid groups (broad SMARTS) is 1.